The van der Waals surface area contributed by atoms with Crippen LogP contribution in [-0.4, -0.2) is 15.7 Å². The molecule has 1 N–H and O–H groups in total. The van der Waals surface area contributed by atoms with Gasteiger partial charge >= 0.3 is 0 Å². The molecule has 0 fully saturated rings. The zero-order valence-electron chi connectivity index (χ0n) is 15.7. The molecule has 0 bridgehead atoms. The van der Waals surface area contributed by atoms with Gasteiger partial charge in [-0.25, -0.2) is 9.07 Å². The summed E-state index contributed by atoms with van der Waals surface area (Å²) in [5.41, 5.74) is 4.16. The normalized spacial score (nSPS) is 16.1. The number of amides is 1. The van der Waals surface area contributed by atoms with Gasteiger partial charge in [0.05, 0.1) is 12.2 Å². The van der Waals surface area contributed by atoms with Crippen LogP contribution in [0.3, 0.4) is 0 Å². The number of carbonyl (C=O) groups excluding carboxylic acids is 1. The quantitative estimate of drug-likeness (QED) is 0.659. The van der Waals surface area contributed by atoms with Gasteiger partial charge in [0, 0.05) is 11.6 Å². The van der Waals surface area contributed by atoms with E-state index in [9.17, 15) is 9.18 Å². The van der Waals surface area contributed by atoms with Crippen LogP contribution in [0, 0.1) is 12.7 Å². The van der Waals surface area contributed by atoms with E-state index in [2.05, 4.69) is 28.6 Å². The molecule has 0 spiro atoms. The molecule has 28 heavy (non-hydrogen) atoms. The number of anilines is 1. The van der Waals surface area contributed by atoms with E-state index in [0.29, 0.717) is 11.4 Å². The first-order valence-electron chi connectivity index (χ1n) is 9.48. The first-order valence-corrected chi connectivity index (χ1v) is 9.48. The molecule has 0 saturated heterocycles. The Morgan fingerprint density at radius 1 is 1.25 bits per heavy atom. The zero-order chi connectivity index (χ0) is 19.5. The summed E-state index contributed by atoms with van der Waals surface area (Å²) in [7, 11) is 0. The van der Waals surface area contributed by atoms with Crippen LogP contribution in [0.25, 0.3) is 6.08 Å². The number of hydrogen-bond acceptors (Lipinski definition) is 2. The smallest absolute Gasteiger partial charge is 0.249 e. The van der Waals surface area contributed by atoms with Gasteiger partial charge in [0.25, 0.3) is 0 Å². The molecule has 1 aliphatic carbocycles. The average molecular weight is 375 g/mol. The second-order valence-electron chi connectivity index (χ2n) is 7.11. The SMILES string of the molecule is Cc1cnn(C2CCCc3ccccc32)c1NC(=O)/C=C/c1cccc(F)c1. The molecule has 1 atom stereocenters. The predicted octanol–water partition coefficient (Wildman–Crippen LogP) is 4.91. The number of halogens is 1. The highest BCUT2D eigenvalue weighted by Crippen LogP contribution is 2.35. The van der Waals surface area contributed by atoms with Crippen molar-refractivity contribution in [2.75, 3.05) is 5.32 Å². The van der Waals surface area contributed by atoms with Crippen molar-refractivity contribution in [3.05, 3.63) is 88.9 Å². The molecule has 0 aliphatic heterocycles. The van der Waals surface area contributed by atoms with Gasteiger partial charge in [-0.2, -0.15) is 5.10 Å². The van der Waals surface area contributed by atoms with Gasteiger partial charge in [-0.15, -0.1) is 0 Å². The fraction of sp³-hybridized carbons (Fsp3) is 0.217. The minimum atomic E-state index is -0.326. The molecule has 1 heterocycles. The lowest BCUT2D eigenvalue weighted by molar-refractivity contribution is -0.111. The molecule has 2 aromatic carbocycles. The summed E-state index contributed by atoms with van der Waals surface area (Å²) >= 11 is 0. The minimum absolute atomic E-state index is 0.112. The van der Waals surface area contributed by atoms with Gasteiger partial charge in [0.2, 0.25) is 5.91 Å². The second-order valence-corrected chi connectivity index (χ2v) is 7.11. The topological polar surface area (TPSA) is 46.9 Å². The Kier molecular flexibility index (Phi) is 5.06. The van der Waals surface area contributed by atoms with Crippen molar-refractivity contribution in [1.82, 2.24) is 9.78 Å². The summed E-state index contributed by atoms with van der Waals surface area (Å²) in [6.07, 6.45) is 7.95. The maximum absolute atomic E-state index is 13.3. The third kappa shape index (κ3) is 3.74. The number of aromatic nitrogens is 2. The van der Waals surface area contributed by atoms with E-state index >= 15 is 0 Å². The highest BCUT2D eigenvalue weighted by atomic mass is 19.1. The van der Waals surface area contributed by atoms with Gasteiger partial charge in [0.1, 0.15) is 11.6 Å². The van der Waals surface area contributed by atoms with E-state index in [1.807, 2.05) is 17.7 Å². The molecular weight excluding hydrogens is 353 g/mol. The van der Waals surface area contributed by atoms with Crippen molar-refractivity contribution in [2.24, 2.45) is 0 Å². The van der Waals surface area contributed by atoms with Crippen LogP contribution in [-0.2, 0) is 11.2 Å². The second kappa shape index (κ2) is 7.80. The Labute approximate surface area is 163 Å². The Bertz CT molecular complexity index is 1040. The number of carbonyl (C=O) groups is 1. The molecule has 1 aliphatic rings. The summed E-state index contributed by atoms with van der Waals surface area (Å²) < 4.78 is 15.2. The third-order valence-corrected chi connectivity index (χ3v) is 5.13. The highest BCUT2D eigenvalue weighted by Gasteiger charge is 2.25. The van der Waals surface area contributed by atoms with E-state index < -0.39 is 0 Å². The molecule has 3 aromatic rings. The average Bonchev–Trinajstić information content (AvgIpc) is 3.06. The summed E-state index contributed by atoms with van der Waals surface area (Å²) in [6, 6.07) is 14.7. The maximum Gasteiger partial charge on any atom is 0.249 e. The van der Waals surface area contributed by atoms with Crippen molar-refractivity contribution in [2.45, 2.75) is 32.2 Å². The monoisotopic (exact) mass is 375 g/mol. The van der Waals surface area contributed by atoms with Crippen LogP contribution < -0.4 is 5.32 Å². The molecule has 5 heteroatoms. The van der Waals surface area contributed by atoms with Crippen molar-refractivity contribution in [3.63, 3.8) is 0 Å². The molecule has 1 aromatic heterocycles. The van der Waals surface area contributed by atoms with Gasteiger partial charge in [-0.1, -0.05) is 36.4 Å². The van der Waals surface area contributed by atoms with Crippen LogP contribution >= 0.6 is 0 Å². The van der Waals surface area contributed by atoms with Crippen LogP contribution in [0.2, 0.25) is 0 Å². The number of rotatable bonds is 4. The molecule has 0 radical (unpaired) electrons. The Morgan fingerprint density at radius 3 is 2.96 bits per heavy atom. The Balaban J connectivity index is 1.57. The number of nitrogens with one attached hydrogen (secondary N) is 1. The number of nitrogens with zero attached hydrogens (tertiary/aromatic N) is 2. The summed E-state index contributed by atoms with van der Waals surface area (Å²) in [6.45, 7) is 1.93. The lowest BCUT2D eigenvalue weighted by atomic mass is 9.88. The van der Waals surface area contributed by atoms with Gasteiger partial charge in [-0.3, -0.25) is 4.79 Å². The number of hydrogen-bond donors (Lipinski definition) is 1. The maximum atomic E-state index is 13.3. The van der Waals surface area contributed by atoms with Crippen molar-refractivity contribution in [3.8, 4) is 0 Å². The van der Waals surface area contributed by atoms with E-state index in [-0.39, 0.29) is 17.8 Å². The molecule has 142 valence electrons. The van der Waals surface area contributed by atoms with Crippen molar-refractivity contribution < 1.29 is 9.18 Å². The largest absolute Gasteiger partial charge is 0.307 e. The summed E-state index contributed by atoms with van der Waals surface area (Å²) in [5, 5.41) is 7.50. The van der Waals surface area contributed by atoms with E-state index in [1.54, 1.807) is 24.4 Å². The molecule has 4 nitrogen and oxygen atoms in total. The van der Waals surface area contributed by atoms with Crippen LogP contribution in [0.5, 0.6) is 0 Å². The van der Waals surface area contributed by atoms with Crippen LogP contribution in [0.15, 0.2) is 60.8 Å². The van der Waals surface area contributed by atoms with E-state index in [1.165, 1.54) is 29.3 Å². The molecule has 0 saturated carbocycles. The zero-order valence-corrected chi connectivity index (χ0v) is 15.7. The summed E-state index contributed by atoms with van der Waals surface area (Å²) in [5.74, 6) is 0.112. The predicted molar refractivity (Wildman–Crippen MR) is 109 cm³/mol. The third-order valence-electron chi connectivity index (χ3n) is 5.13. The Morgan fingerprint density at radius 2 is 2.11 bits per heavy atom. The van der Waals surface area contributed by atoms with Crippen LogP contribution in [0.1, 0.15) is 41.1 Å². The van der Waals surface area contributed by atoms with Gasteiger partial charge < -0.3 is 5.32 Å². The molecular formula is C23H22FN3O. The summed E-state index contributed by atoms with van der Waals surface area (Å²) in [4.78, 5) is 12.5. The number of aryl methyl sites for hydroxylation is 2. The van der Waals surface area contributed by atoms with Crippen molar-refractivity contribution >= 4 is 17.8 Å². The standard InChI is InChI=1S/C23H22FN3O/c1-16-15-25-27(21-11-5-8-18-7-2-3-10-20(18)21)23(16)26-22(28)13-12-17-6-4-9-19(24)14-17/h2-4,6-7,9-10,12-15,21H,5,8,11H2,1H3,(H,26,28)/b13-12+. The number of benzene rings is 2. The number of fused-ring (bicyclic) bond motifs is 1. The molecule has 4 rings (SSSR count). The molecule has 1 amide bonds. The lowest BCUT2D eigenvalue weighted by Gasteiger charge is -2.27. The van der Waals surface area contributed by atoms with E-state index in [4.69, 9.17) is 0 Å². The fourth-order valence-electron chi connectivity index (χ4n) is 3.76. The first kappa shape index (κ1) is 18.2. The van der Waals surface area contributed by atoms with Crippen LogP contribution in [0.4, 0.5) is 10.2 Å². The molecule has 1 unspecified atom stereocenters. The minimum Gasteiger partial charge on any atom is -0.307 e. The van der Waals surface area contributed by atoms with E-state index in [0.717, 1.165) is 24.8 Å². The first-order chi connectivity index (χ1) is 13.6. The lowest BCUT2D eigenvalue weighted by Crippen LogP contribution is -2.22. The van der Waals surface area contributed by atoms with Gasteiger partial charge in [-0.05, 0) is 61.1 Å². The highest BCUT2D eigenvalue weighted by molar-refractivity contribution is 6.01. The Hall–Kier alpha value is -3.21. The van der Waals surface area contributed by atoms with Gasteiger partial charge in [0.15, 0.2) is 0 Å². The van der Waals surface area contributed by atoms with Crippen molar-refractivity contribution in [1.29, 1.82) is 0 Å². The fourth-order valence-corrected chi connectivity index (χ4v) is 3.76.